The Bertz CT molecular complexity index is 1610. The van der Waals surface area contributed by atoms with Gasteiger partial charge < -0.3 is 21.7 Å². The smallest absolute Gasteiger partial charge is 0.229 e. The first-order valence-corrected chi connectivity index (χ1v) is 12.3. The van der Waals surface area contributed by atoms with Gasteiger partial charge in [0.25, 0.3) is 0 Å². The van der Waals surface area contributed by atoms with Crippen molar-refractivity contribution in [2.24, 2.45) is 11.7 Å². The molecule has 4 aromatic heterocycles. The molecular weight excluding hydrogens is 480 g/mol. The van der Waals surface area contributed by atoms with Gasteiger partial charge in [-0.15, -0.1) is 5.10 Å². The third-order valence-corrected chi connectivity index (χ3v) is 6.36. The van der Waals surface area contributed by atoms with E-state index in [-0.39, 0.29) is 17.9 Å². The van der Waals surface area contributed by atoms with E-state index < -0.39 is 0 Å². The fraction of sp³-hybridized carbons (Fsp3) is 0.185. The molecule has 1 aliphatic rings. The number of amides is 1. The molecule has 0 bridgehead atoms. The number of pyridine rings is 1. The standard InChI is InChI=1S/C27H26N10O/c1-16-4-2-5-21(30-16)24-35-25(22-6-3-13-37(22)36-24)33-23-11-12-29-27(34-23)32-20-9-7-19(8-10-20)31-26(38)17-14-18(28)15-17/h2-13,17-18H,14-15,28H2,1H3,(H,31,38)(H2,29,32,33,34,35,36). The summed E-state index contributed by atoms with van der Waals surface area (Å²) in [5.74, 6) is 2.09. The number of hydrogen-bond donors (Lipinski definition) is 4. The van der Waals surface area contributed by atoms with Gasteiger partial charge in [0.2, 0.25) is 17.7 Å². The van der Waals surface area contributed by atoms with Gasteiger partial charge in [0.05, 0.1) is 0 Å². The van der Waals surface area contributed by atoms with Gasteiger partial charge in [0, 0.05) is 41.4 Å². The van der Waals surface area contributed by atoms with E-state index in [1.54, 1.807) is 16.8 Å². The van der Waals surface area contributed by atoms with Crippen molar-refractivity contribution >= 4 is 40.4 Å². The van der Waals surface area contributed by atoms with Crippen LogP contribution in [0.1, 0.15) is 18.5 Å². The number of aromatic nitrogens is 6. The summed E-state index contributed by atoms with van der Waals surface area (Å²) in [5, 5.41) is 14.0. The second kappa shape index (κ2) is 9.87. The minimum atomic E-state index is -0.00140. The SMILES string of the molecule is Cc1cccc(-c2nc(Nc3ccnc(Nc4ccc(NC(=O)C5CC(N)C5)cc4)n3)c3cccn3n2)n1. The molecule has 11 heteroatoms. The molecule has 5 aromatic rings. The number of nitrogens with zero attached hydrogens (tertiary/aromatic N) is 6. The summed E-state index contributed by atoms with van der Waals surface area (Å²) in [4.78, 5) is 30.5. The molecule has 1 saturated carbocycles. The molecule has 0 aliphatic heterocycles. The number of nitrogens with two attached hydrogens (primary N) is 1. The summed E-state index contributed by atoms with van der Waals surface area (Å²) >= 11 is 0. The molecule has 1 amide bonds. The van der Waals surface area contributed by atoms with E-state index in [1.807, 2.05) is 67.7 Å². The van der Waals surface area contributed by atoms with Gasteiger partial charge in [0.15, 0.2) is 5.82 Å². The highest BCUT2D eigenvalue weighted by Crippen LogP contribution is 2.27. The Morgan fingerprint density at radius 3 is 2.55 bits per heavy atom. The molecule has 0 radical (unpaired) electrons. The van der Waals surface area contributed by atoms with Crippen molar-refractivity contribution in [2.75, 3.05) is 16.0 Å². The number of aryl methyl sites for hydroxylation is 1. The van der Waals surface area contributed by atoms with Gasteiger partial charge in [-0.3, -0.25) is 4.79 Å². The fourth-order valence-corrected chi connectivity index (χ4v) is 4.30. The third-order valence-electron chi connectivity index (χ3n) is 6.36. The van der Waals surface area contributed by atoms with Crippen LogP contribution in [0.25, 0.3) is 17.0 Å². The maximum absolute atomic E-state index is 12.3. The maximum Gasteiger partial charge on any atom is 0.229 e. The molecule has 11 nitrogen and oxygen atoms in total. The Kier molecular flexibility index (Phi) is 6.10. The van der Waals surface area contributed by atoms with E-state index in [4.69, 9.17) is 10.7 Å². The van der Waals surface area contributed by atoms with Crippen LogP contribution in [0.4, 0.5) is 29.0 Å². The molecule has 6 rings (SSSR count). The lowest BCUT2D eigenvalue weighted by molar-refractivity contribution is -0.122. The number of fused-ring (bicyclic) bond motifs is 1. The van der Waals surface area contributed by atoms with Crippen molar-refractivity contribution in [3.63, 3.8) is 0 Å². The second-order valence-corrected chi connectivity index (χ2v) is 9.30. The van der Waals surface area contributed by atoms with Crippen LogP contribution in [0.5, 0.6) is 0 Å². The largest absolute Gasteiger partial charge is 0.328 e. The Morgan fingerprint density at radius 2 is 1.76 bits per heavy atom. The first kappa shape index (κ1) is 23.5. The summed E-state index contributed by atoms with van der Waals surface area (Å²) in [5.41, 5.74) is 9.68. The summed E-state index contributed by atoms with van der Waals surface area (Å²) in [6.45, 7) is 1.93. The van der Waals surface area contributed by atoms with Crippen LogP contribution in [0.3, 0.4) is 0 Å². The zero-order chi connectivity index (χ0) is 26.1. The molecule has 1 aromatic carbocycles. The van der Waals surface area contributed by atoms with Crippen molar-refractivity contribution in [1.29, 1.82) is 0 Å². The Morgan fingerprint density at radius 1 is 0.947 bits per heavy atom. The van der Waals surface area contributed by atoms with E-state index in [1.165, 1.54) is 0 Å². The first-order chi connectivity index (χ1) is 18.5. The minimum Gasteiger partial charge on any atom is -0.328 e. The molecule has 1 aliphatic carbocycles. The molecule has 190 valence electrons. The minimum absolute atomic E-state index is 0.00140. The van der Waals surface area contributed by atoms with Crippen LogP contribution < -0.4 is 21.7 Å². The topological polar surface area (TPSA) is 148 Å². The summed E-state index contributed by atoms with van der Waals surface area (Å²) in [7, 11) is 0. The van der Waals surface area contributed by atoms with E-state index in [9.17, 15) is 4.79 Å². The first-order valence-electron chi connectivity index (χ1n) is 12.3. The van der Waals surface area contributed by atoms with Crippen LogP contribution in [0, 0.1) is 12.8 Å². The van der Waals surface area contributed by atoms with Gasteiger partial charge >= 0.3 is 0 Å². The normalized spacial score (nSPS) is 16.6. The summed E-state index contributed by atoms with van der Waals surface area (Å²) in [6, 6.07) is 18.9. The molecule has 5 N–H and O–H groups in total. The molecule has 4 heterocycles. The number of anilines is 5. The van der Waals surface area contributed by atoms with Crippen molar-refractivity contribution < 1.29 is 4.79 Å². The number of benzene rings is 1. The lowest BCUT2D eigenvalue weighted by Gasteiger charge is -2.31. The number of carbonyl (C=O) groups excluding carboxylic acids is 1. The van der Waals surface area contributed by atoms with Gasteiger partial charge in [-0.05, 0) is 74.4 Å². The van der Waals surface area contributed by atoms with Gasteiger partial charge in [-0.2, -0.15) is 4.98 Å². The monoisotopic (exact) mass is 506 g/mol. The van der Waals surface area contributed by atoms with Crippen LogP contribution in [0.15, 0.2) is 73.1 Å². The van der Waals surface area contributed by atoms with Gasteiger partial charge in [-0.25, -0.2) is 19.5 Å². The predicted molar refractivity (Wildman–Crippen MR) is 145 cm³/mol. The van der Waals surface area contributed by atoms with Crippen LogP contribution >= 0.6 is 0 Å². The van der Waals surface area contributed by atoms with Crippen molar-refractivity contribution in [1.82, 2.24) is 29.5 Å². The molecule has 0 unspecified atom stereocenters. The quantitative estimate of drug-likeness (QED) is 0.256. The Labute approximate surface area is 218 Å². The predicted octanol–water partition coefficient (Wildman–Crippen LogP) is 4.05. The molecule has 0 spiro atoms. The highest BCUT2D eigenvalue weighted by molar-refractivity contribution is 5.93. The number of nitrogens with one attached hydrogen (secondary N) is 3. The van der Waals surface area contributed by atoms with E-state index in [2.05, 4.69) is 36.0 Å². The average Bonchev–Trinajstić information content (AvgIpc) is 3.37. The van der Waals surface area contributed by atoms with Crippen molar-refractivity contribution in [3.05, 3.63) is 78.8 Å². The molecule has 0 saturated heterocycles. The third kappa shape index (κ3) is 5.00. The lowest BCUT2D eigenvalue weighted by atomic mass is 9.80. The van der Waals surface area contributed by atoms with Crippen LogP contribution in [0.2, 0.25) is 0 Å². The van der Waals surface area contributed by atoms with E-state index in [0.717, 1.165) is 35.4 Å². The van der Waals surface area contributed by atoms with E-state index in [0.29, 0.717) is 29.1 Å². The van der Waals surface area contributed by atoms with Crippen molar-refractivity contribution in [2.45, 2.75) is 25.8 Å². The molecule has 1 fully saturated rings. The summed E-state index contributed by atoms with van der Waals surface area (Å²) < 4.78 is 1.76. The zero-order valence-electron chi connectivity index (χ0n) is 20.7. The van der Waals surface area contributed by atoms with Crippen molar-refractivity contribution in [3.8, 4) is 11.5 Å². The fourth-order valence-electron chi connectivity index (χ4n) is 4.30. The highest BCUT2D eigenvalue weighted by atomic mass is 16.1. The highest BCUT2D eigenvalue weighted by Gasteiger charge is 2.31. The van der Waals surface area contributed by atoms with Gasteiger partial charge in [0.1, 0.15) is 17.0 Å². The molecule has 38 heavy (non-hydrogen) atoms. The molecule has 0 atom stereocenters. The lowest BCUT2D eigenvalue weighted by Crippen LogP contribution is -2.42. The Hall–Kier alpha value is -4.90. The van der Waals surface area contributed by atoms with Gasteiger partial charge in [-0.1, -0.05) is 6.07 Å². The number of rotatable bonds is 7. The maximum atomic E-state index is 12.3. The summed E-state index contributed by atoms with van der Waals surface area (Å²) in [6.07, 6.45) is 5.00. The average molecular weight is 507 g/mol. The van der Waals surface area contributed by atoms with E-state index >= 15 is 0 Å². The molecular formula is C27H26N10O. The number of hydrogen-bond acceptors (Lipinski definition) is 9. The Balaban J connectivity index is 1.18. The number of carbonyl (C=O) groups is 1. The second-order valence-electron chi connectivity index (χ2n) is 9.30. The van der Waals surface area contributed by atoms with Crippen LogP contribution in [-0.4, -0.2) is 41.5 Å². The van der Waals surface area contributed by atoms with Crippen LogP contribution in [-0.2, 0) is 4.79 Å². The zero-order valence-corrected chi connectivity index (χ0v) is 20.7.